The Balaban J connectivity index is 2.25. The van der Waals surface area contributed by atoms with Crippen LogP contribution in [0.25, 0.3) is 0 Å². The minimum Gasteiger partial charge on any atom is -0.347 e. The lowest BCUT2D eigenvalue weighted by Crippen LogP contribution is -2.58. The summed E-state index contributed by atoms with van der Waals surface area (Å²) in [5.41, 5.74) is 0. The Labute approximate surface area is 107 Å². The molecule has 0 spiro atoms. The molecule has 0 radical (unpaired) electrons. The second-order valence-corrected chi connectivity index (χ2v) is 4.61. The van der Waals surface area contributed by atoms with Crippen molar-refractivity contribution in [2.24, 2.45) is 0 Å². The highest BCUT2D eigenvalue weighted by molar-refractivity contribution is 5.85. The van der Waals surface area contributed by atoms with Gasteiger partial charge in [0.1, 0.15) is 17.7 Å². The lowest BCUT2D eigenvalue weighted by Gasteiger charge is -2.37. The Hall–Kier alpha value is -1.69. The average Bonchev–Trinajstić information content (AvgIpc) is 2.38. The maximum absolute atomic E-state index is 12.2. The lowest BCUT2D eigenvalue weighted by atomic mass is 10.1. The van der Waals surface area contributed by atoms with Crippen molar-refractivity contribution >= 4 is 11.7 Å². The summed E-state index contributed by atoms with van der Waals surface area (Å²) in [6.07, 6.45) is 1.73. The summed E-state index contributed by atoms with van der Waals surface area (Å²) in [7, 11) is 3.56. The van der Waals surface area contributed by atoms with Crippen molar-refractivity contribution in [3.05, 3.63) is 18.1 Å². The van der Waals surface area contributed by atoms with Crippen molar-refractivity contribution < 1.29 is 4.79 Å². The van der Waals surface area contributed by atoms with Gasteiger partial charge in [0.15, 0.2) is 0 Å². The van der Waals surface area contributed by atoms with Gasteiger partial charge in [-0.15, -0.1) is 0 Å². The van der Waals surface area contributed by atoms with E-state index in [-0.39, 0.29) is 11.9 Å². The summed E-state index contributed by atoms with van der Waals surface area (Å²) in [5, 5.41) is 3.25. The average molecular weight is 249 g/mol. The number of rotatable bonds is 2. The maximum atomic E-state index is 12.2. The fourth-order valence-corrected chi connectivity index (χ4v) is 2.10. The molecule has 0 bridgehead atoms. The quantitative estimate of drug-likeness (QED) is 0.776. The van der Waals surface area contributed by atoms with Crippen LogP contribution in [-0.2, 0) is 4.79 Å². The second-order valence-electron chi connectivity index (χ2n) is 4.61. The molecule has 98 valence electrons. The molecule has 1 aliphatic rings. The van der Waals surface area contributed by atoms with E-state index in [0.717, 1.165) is 24.7 Å². The number of hydrogen-bond acceptors (Lipinski definition) is 5. The number of carbonyl (C=O) groups is 1. The first-order chi connectivity index (χ1) is 8.59. The van der Waals surface area contributed by atoms with E-state index in [0.29, 0.717) is 6.54 Å². The Morgan fingerprint density at radius 1 is 1.56 bits per heavy atom. The van der Waals surface area contributed by atoms with Gasteiger partial charge in [0.25, 0.3) is 0 Å². The van der Waals surface area contributed by atoms with Crippen LogP contribution in [0.2, 0.25) is 0 Å². The number of nitrogens with zero attached hydrogens (tertiary/aromatic N) is 4. The van der Waals surface area contributed by atoms with Crippen LogP contribution in [0.1, 0.15) is 5.82 Å². The maximum Gasteiger partial charge on any atom is 0.246 e. The molecule has 1 N–H and O–H groups in total. The zero-order valence-corrected chi connectivity index (χ0v) is 11.1. The number of nitrogens with one attached hydrogen (secondary N) is 1. The van der Waals surface area contributed by atoms with Gasteiger partial charge in [-0.05, 0) is 13.0 Å². The molecule has 2 heterocycles. The largest absolute Gasteiger partial charge is 0.347 e. The second kappa shape index (κ2) is 5.30. The van der Waals surface area contributed by atoms with Crippen LogP contribution in [0, 0.1) is 6.92 Å². The van der Waals surface area contributed by atoms with E-state index in [2.05, 4.69) is 15.3 Å². The topological polar surface area (TPSA) is 61.4 Å². The summed E-state index contributed by atoms with van der Waals surface area (Å²) in [6.45, 7) is 4.15. The summed E-state index contributed by atoms with van der Waals surface area (Å²) in [5.74, 6) is 1.64. The highest BCUT2D eigenvalue weighted by Gasteiger charge is 2.30. The number of anilines is 1. The number of piperazine rings is 1. The van der Waals surface area contributed by atoms with Crippen molar-refractivity contribution in [1.29, 1.82) is 0 Å². The lowest BCUT2D eigenvalue weighted by molar-refractivity contribution is -0.130. The molecular formula is C12H19N5O. The number of amides is 1. The molecule has 1 fully saturated rings. The first-order valence-corrected chi connectivity index (χ1v) is 6.08. The molecule has 1 saturated heterocycles. The fraction of sp³-hybridized carbons (Fsp3) is 0.583. The summed E-state index contributed by atoms with van der Waals surface area (Å²) in [4.78, 5) is 24.3. The van der Waals surface area contributed by atoms with E-state index < -0.39 is 0 Å². The Kier molecular flexibility index (Phi) is 3.76. The highest BCUT2D eigenvalue weighted by Crippen LogP contribution is 2.16. The summed E-state index contributed by atoms with van der Waals surface area (Å²) in [6, 6.07) is 1.66. The Bertz CT molecular complexity index is 434. The number of hydrogen-bond donors (Lipinski definition) is 1. The molecule has 1 atom stereocenters. The number of likely N-dealkylation sites (N-methyl/N-ethyl adjacent to an activating group) is 1. The highest BCUT2D eigenvalue weighted by atomic mass is 16.2. The van der Waals surface area contributed by atoms with Crippen LogP contribution in [-0.4, -0.2) is 60.5 Å². The summed E-state index contributed by atoms with van der Waals surface area (Å²) < 4.78 is 0. The van der Waals surface area contributed by atoms with Gasteiger partial charge in [-0.25, -0.2) is 9.97 Å². The van der Waals surface area contributed by atoms with Crippen molar-refractivity contribution in [1.82, 2.24) is 20.2 Å². The van der Waals surface area contributed by atoms with E-state index in [4.69, 9.17) is 0 Å². The molecule has 6 heteroatoms. The minimum absolute atomic E-state index is 0.0958. The van der Waals surface area contributed by atoms with Crippen LogP contribution in [0.15, 0.2) is 12.3 Å². The summed E-state index contributed by atoms with van der Waals surface area (Å²) >= 11 is 0. The number of aromatic nitrogens is 2. The predicted octanol–water partition coefficient (Wildman–Crippen LogP) is -0.349. The molecule has 1 aromatic rings. The van der Waals surface area contributed by atoms with E-state index in [1.807, 2.05) is 17.9 Å². The zero-order valence-electron chi connectivity index (χ0n) is 11.1. The van der Waals surface area contributed by atoms with Crippen LogP contribution in [0.4, 0.5) is 5.82 Å². The van der Waals surface area contributed by atoms with Crippen molar-refractivity contribution in [2.75, 3.05) is 38.6 Å². The molecule has 18 heavy (non-hydrogen) atoms. The van der Waals surface area contributed by atoms with Crippen molar-refractivity contribution in [3.8, 4) is 0 Å². The molecule has 0 aromatic carbocycles. The molecule has 0 aliphatic carbocycles. The third-order valence-corrected chi connectivity index (χ3v) is 3.02. The van der Waals surface area contributed by atoms with Gasteiger partial charge < -0.3 is 15.1 Å². The number of carbonyl (C=O) groups excluding carboxylic acids is 1. The van der Waals surface area contributed by atoms with E-state index in [1.165, 1.54) is 0 Å². The third kappa shape index (κ3) is 2.59. The molecule has 2 rings (SSSR count). The Morgan fingerprint density at radius 2 is 2.33 bits per heavy atom. The molecule has 1 aliphatic heterocycles. The molecular weight excluding hydrogens is 230 g/mol. The van der Waals surface area contributed by atoms with Crippen LogP contribution in [0.3, 0.4) is 0 Å². The van der Waals surface area contributed by atoms with Crippen LogP contribution < -0.4 is 10.2 Å². The molecule has 6 nitrogen and oxygen atoms in total. The van der Waals surface area contributed by atoms with Gasteiger partial charge in [-0.3, -0.25) is 4.79 Å². The fourth-order valence-electron chi connectivity index (χ4n) is 2.10. The van der Waals surface area contributed by atoms with Crippen LogP contribution >= 0.6 is 0 Å². The zero-order chi connectivity index (χ0) is 13.1. The normalized spacial score (nSPS) is 19.7. The molecule has 0 saturated carbocycles. The first kappa shape index (κ1) is 12.8. The smallest absolute Gasteiger partial charge is 0.246 e. The van der Waals surface area contributed by atoms with Crippen molar-refractivity contribution in [2.45, 2.75) is 13.0 Å². The van der Waals surface area contributed by atoms with Crippen molar-refractivity contribution in [3.63, 3.8) is 0 Å². The minimum atomic E-state index is -0.192. The molecule has 1 aromatic heterocycles. The van der Waals surface area contributed by atoms with Gasteiger partial charge >= 0.3 is 0 Å². The molecule has 1 amide bonds. The monoisotopic (exact) mass is 249 g/mol. The first-order valence-electron chi connectivity index (χ1n) is 6.08. The Morgan fingerprint density at radius 3 is 3.00 bits per heavy atom. The van der Waals surface area contributed by atoms with E-state index >= 15 is 0 Å². The predicted molar refractivity (Wildman–Crippen MR) is 69.5 cm³/mol. The van der Waals surface area contributed by atoms with Gasteiger partial charge in [-0.1, -0.05) is 0 Å². The van der Waals surface area contributed by atoms with Gasteiger partial charge in [-0.2, -0.15) is 0 Å². The van der Waals surface area contributed by atoms with Crippen LogP contribution in [0.5, 0.6) is 0 Å². The van der Waals surface area contributed by atoms with Gasteiger partial charge in [0.05, 0.1) is 0 Å². The SMILES string of the molecule is Cc1nccc(N2CCNCC2C(=O)N(C)C)n1. The van der Waals surface area contributed by atoms with E-state index in [9.17, 15) is 4.79 Å². The van der Waals surface area contributed by atoms with Gasteiger partial charge in [0.2, 0.25) is 5.91 Å². The number of aryl methyl sites for hydroxylation is 1. The van der Waals surface area contributed by atoms with E-state index in [1.54, 1.807) is 25.2 Å². The molecule has 1 unspecified atom stereocenters. The van der Waals surface area contributed by atoms with Gasteiger partial charge in [0, 0.05) is 39.9 Å². The standard InChI is InChI=1S/C12H19N5O/c1-9-14-5-4-11(15-9)17-7-6-13-8-10(17)12(18)16(2)3/h4-5,10,13H,6-8H2,1-3H3. The third-order valence-electron chi connectivity index (χ3n) is 3.02.